The number of carbonyl (C=O) groups is 1. The molecule has 3 nitrogen and oxygen atoms in total. The van der Waals surface area contributed by atoms with Gasteiger partial charge < -0.3 is 4.90 Å². The van der Waals surface area contributed by atoms with Gasteiger partial charge in [-0.15, -0.1) is 0 Å². The lowest BCUT2D eigenvalue weighted by Gasteiger charge is -2.37. The minimum atomic E-state index is -0.0768. The van der Waals surface area contributed by atoms with Crippen LogP contribution in [0.1, 0.15) is 50.6 Å². The number of amides is 1. The molecule has 0 saturated carbocycles. The topological polar surface area (TPSA) is 23.6 Å². The summed E-state index contributed by atoms with van der Waals surface area (Å²) in [6.45, 7) is 5.21. The second-order valence-corrected chi connectivity index (χ2v) is 6.43. The average Bonchev–Trinajstić information content (AvgIpc) is 2.96. The fraction of sp³-hybridized carbons (Fsp3) is 0.611. The summed E-state index contributed by atoms with van der Waals surface area (Å²) in [4.78, 5) is 17.6. The third-order valence-electron chi connectivity index (χ3n) is 4.94. The summed E-state index contributed by atoms with van der Waals surface area (Å²) < 4.78 is 0. The lowest BCUT2D eigenvalue weighted by atomic mass is 10.00. The van der Waals surface area contributed by atoms with Gasteiger partial charge in [-0.2, -0.15) is 0 Å². The van der Waals surface area contributed by atoms with Crippen molar-refractivity contribution in [3.05, 3.63) is 35.9 Å². The monoisotopic (exact) mass is 286 g/mol. The summed E-state index contributed by atoms with van der Waals surface area (Å²) in [6, 6.07) is 10.7. The molecule has 0 aliphatic carbocycles. The molecule has 2 unspecified atom stereocenters. The SMILES string of the molecule is CC1CCCN1C(=O)C(c1ccccc1)N1CCCCC1. The minimum Gasteiger partial charge on any atom is -0.338 e. The first-order chi connectivity index (χ1) is 10.3. The molecule has 2 atom stereocenters. The molecule has 1 aromatic carbocycles. The number of likely N-dealkylation sites (tertiary alicyclic amines) is 2. The maximum Gasteiger partial charge on any atom is 0.244 e. The molecular weight excluding hydrogens is 260 g/mol. The van der Waals surface area contributed by atoms with Crippen molar-refractivity contribution in [1.82, 2.24) is 9.80 Å². The van der Waals surface area contributed by atoms with Crippen LogP contribution in [0.2, 0.25) is 0 Å². The molecule has 0 N–H and O–H groups in total. The zero-order valence-electron chi connectivity index (χ0n) is 13.0. The molecule has 2 saturated heterocycles. The average molecular weight is 286 g/mol. The Hall–Kier alpha value is -1.35. The Kier molecular flexibility index (Phi) is 4.59. The molecule has 0 radical (unpaired) electrons. The molecule has 21 heavy (non-hydrogen) atoms. The third kappa shape index (κ3) is 3.13. The van der Waals surface area contributed by atoms with Gasteiger partial charge in [-0.25, -0.2) is 0 Å². The zero-order valence-corrected chi connectivity index (χ0v) is 13.0. The predicted octanol–water partition coefficient (Wildman–Crippen LogP) is 3.22. The molecule has 3 rings (SSSR count). The van der Waals surface area contributed by atoms with Crippen molar-refractivity contribution in [2.24, 2.45) is 0 Å². The van der Waals surface area contributed by atoms with E-state index in [2.05, 4.69) is 28.9 Å². The van der Waals surface area contributed by atoms with Crippen LogP contribution in [-0.2, 0) is 4.79 Å². The lowest BCUT2D eigenvalue weighted by Crippen LogP contribution is -2.45. The molecule has 0 aromatic heterocycles. The molecular formula is C18H26N2O. The predicted molar refractivity (Wildman–Crippen MR) is 85.0 cm³/mol. The van der Waals surface area contributed by atoms with Crippen LogP contribution in [0.4, 0.5) is 0 Å². The third-order valence-corrected chi connectivity index (χ3v) is 4.94. The Morgan fingerprint density at radius 2 is 1.76 bits per heavy atom. The van der Waals surface area contributed by atoms with Crippen molar-refractivity contribution in [2.45, 2.75) is 51.1 Å². The molecule has 2 fully saturated rings. The molecule has 2 heterocycles. The van der Waals surface area contributed by atoms with Crippen molar-refractivity contribution in [2.75, 3.05) is 19.6 Å². The van der Waals surface area contributed by atoms with Crippen LogP contribution in [0.3, 0.4) is 0 Å². The van der Waals surface area contributed by atoms with Gasteiger partial charge in [0.2, 0.25) is 5.91 Å². The fourth-order valence-corrected chi connectivity index (χ4v) is 3.74. The minimum absolute atomic E-state index is 0.0768. The van der Waals surface area contributed by atoms with Gasteiger partial charge in [-0.3, -0.25) is 9.69 Å². The van der Waals surface area contributed by atoms with E-state index in [0.29, 0.717) is 11.9 Å². The molecule has 114 valence electrons. The summed E-state index contributed by atoms with van der Waals surface area (Å²) >= 11 is 0. The van der Waals surface area contributed by atoms with Crippen molar-refractivity contribution in [1.29, 1.82) is 0 Å². The molecule has 0 spiro atoms. The summed E-state index contributed by atoms with van der Waals surface area (Å²) in [5.74, 6) is 0.313. The highest BCUT2D eigenvalue weighted by molar-refractivity contribution is 5.83. The Morgan fingerprint density at radius 3 is 2.38 bits per heavy atom. The van der Waals surface area contributed by atoms with Crippen molar-refractivity contribution in [3.8, 4) is 0 Å². The molecule has 1 aromatic rings. The first-order valence-electron chi connectivity index (χ1n) is 8.37. The van der Waals surface area contributed by atoms with Gasteiger partial charge in [0.05, 0.1) is 0 Å². The van der Waals surface area contributed by atoms with E-state index in [1.807, 2.05) is 18.2 Å². The van der Waals surface area contributed by atoms with E-state index < -0.39 is 0 Å². The number of hydrogen-bond acceptors (Lipinski definition) is 2. The largest absolute Gasteiger partial charge is 0.338 e. The Bertz CT molecular complexity index is 467. The van der Waals surface area contributed by atoms with Crippen LogP contribution in [0.5, 0.6) is 0 Å². The standard InChI is InChI=1S/C18H26N2O/c1-15-9-8-14-20(15)18(21)17(16-10-4-2-5-11-16)19-12-6-3-7-13-19/h2,4-5,10-11,15,17H,3,6-9,12-14H2,1H3. The molecule has 2 aliphatic rings. The van der Waals surface area contributed by atoms with Crippen LogP contribution in [0.15, 0.2) is 30.3 Å². The van der Waals surface area contributed by atoms with Gasteiger partial charge in [-0.1, -0.05) is 36.8 Å². The van der Waals surface area contributed by atoms with E-state index in [1.54, 1.807) is 0 Å². The maximum atomic E-state index is 13.1. The molecule has 0 bridgehead atoms. The van der Waals surface area contributed by atoms with E-state index in [1.165, 1.54) is 19.3 Å². The van der Waals surface area contributed by atoms with E-state index in [9.17, 15) is 4.79 Å². The van der Waals surface area contributed by atoms with E-state index >= 15 is 0 Å². The summed E-state index contributed by atoms with van der Waals surface area (Å²) in [7, 11) is 0. The smallest absolute Gasteiger partial charge is 0.244 e. The first-order valence-corrected chi connectivity index (χ1v) is 8.37. The number of nitrogens with zero attached hydrogens (tertiary/aromatic N) is 2. The Morgan fingerprint density at radius 1 is 1.05 bits per heavy atom. The molecule has 1 amide bonds. The number of benzene rings is 1. The highest BCUT2D eigenvalue weighted by Gasteiger charge is 2.35. The van der Waals surface area contributed by atoms with E-state index in [-0.39, 0.29) is 6.04 Å². The van der Waals surface area contributed by atoms with Crippen molar-refractivity contribution in [3.63, 3.8) is 0 Å². The van der Waals surface area contributed by atoms with Gasteiger partial charge in [-0.05, 0) is 51.3 Å². The molecule has 2 aliphatic heterocycles. The van der Waals surface area contributed by atoms with Crippen LogP contribution >= 0.6 is 0 Å². The lowest BCUT2D eigenvalue weighted by molar-refractivity contribution is -0.138. The summed E-state index contributed by atoms with van der Waals surface area (Å²) in [5.41, 5.74) is 1.16. The van der Waals surface area contributed by atoms with Crippen molar-refractivity contribution < 1.29 is 4.79 Å². The quantitative estimate of drug-likeness (QED) is 0.852. The van der Waals surface area contributed by atoms with Gasteiger partial charge in [0.1, 0.15) is 6.04 Å². The summed E-state index contributed by atoms with van der Waals surface area (Å²) in [6.07, 6.45) is 6.02. The highest BCUT2D eigenvalue weighted by atomic mass is 16.2. The van der Waals surface area contributed by atoms with Gasteiger partial charge in [0.25, 0.3) is 0 Å². The molecule has 3 heteroatoms. The number of rotatable bonds is 3. The fourth-order valence-electron chi connectivity index (χ4n) is 3.74. The normalized spacial score (nSPS) is 25.0. The number of carbonyl (C=O) groups excluding carboxylic acids is 1. The van der Waals surface area contributed by atoms with Crippen LogP contribution in [-0.4, -0.2) is 41.4 Å². The first kappa shape index (κ1) is 14.6. The second-order valence-electron chi connectivity index (χ2n) is 6.43. The highest BCUT2D eigenvalue weighted by Crippen LogP contribution is 2.29. The van der Waals surface area contributed by atoms with Gasteiger partial charge in [0.15, 0.2) is 0 Å². The van der Waals surface area contributed by atoms with Crippen LogP contribution in [0.25, 0.3) is 0 Å². The van der Waals surface area contributed by atoms with Crippen LogP contribution in [0, 0.1) is 0 Å². The van der Waals surface area contributed by atoms with Crippen molar-refractivity contribution >= 4 is 5.91 Å². The van der Waals surface area contributed by atoms with Gasteiger partial charge in [0, 0.05) is 12.6 Å². The Labute approximate surface area is 127 Å². The van der Waals surface area contributed by atoms with E-state index in [0.717, 1.165) is 38.0 Å². The Balaban J connectivity index is 1.86. The van der Waals surface area contributed by atoms with Crippen LogP contribution < -0.4 is 0 Å². The van der Waals surface area contributed by atoms with E-state index in [4.69, 9.17) is 0 Å². The van der Waals surface area contributed by atoms with Gasteiger partial charge >= 0.3 is 0 Å². The number of piperidine rings is 1. The summed E-state index contributed by atoms with van der Waals surface area (Å²) in [5, 5.41) is 0. The second kappa shape index (κ2) is 6.61. The number of hydrogen-bond donors (Lipinski definition) is 0. The maximum absolute atomic E-state index is 13.1. The zero-order chi connectivity index (χ0) is 14.7.